The average molecular weight is 289 g/mol. The fourth-order valence-electron chi connectivity index (χ4n) is 3.01. The zero-order chi connectivity index (χ0) is 14.5. The van der Waals surface area contributed by atoms with Gasteiger partial charge in [0.15, 0.2) is 0 Å². The number of hydrogen-bond donors (Lipinski definition) is 1. The summed E-state index contributed by atoms with van der Waals surface area (Å²) in [6.45, 7) is 4.05. The molecule has 0 aliphatic carbocycles. The van der Waals surface area contributed by atoms with Crippen LogP contribution in [0.2, 0.25) is 0 Å². The molecule has 0 unspecified atom stereocenters. The van der Waals surface area contributed by atoms with Gasteiger partial charge in [0.1, 0.15) is 0 Å². The summed E-state index contributed by atoms with van der Waals surface area (Å²) >= 11 is 0. The second-order valence-electron chi connectivity index (χ2n) is 5.74. The van der Waals surface area contributed by atoms with E-state index in [0.29, 0.717) is 25.7 Å². The third kappa shape index (κ3) is 3.80. The van der Waals surface area contributed by atoms with E-state index < -0.39 is 0 Å². The number of fused-ring (bicyclic) bond motifs is 1. The monoisotopic (exact) mass is 289 g/mol. The minimum Gasteiger partial charge on any atom is -0.378 e. The van der Waals surface area contributed by atoms with Crippen LogP contribution in [0.4, 0.5) is 0 Å². The lowest BCUT2D eigenvalue weighted by Gasteiger charge is -2.28. The van der Waals surface area contributed by atoms with Crippen molar-refractivity contribution in [3.8, 4) is 0 Å². The maximum absolute atomic E-state index is 12.3. The number of amides is 1. The number of carbonyl (C=O) groups excluding carboxylic acids is 1. The van der Waals surface area contributed by atoms with Gasteiger partial charge in [0, 0.05) is 31.4 Å². The van der Waals surface area contributed by atoms with Gasteiger partial charge in [0.05, 0.1) is 19.1 Å². The van der Waals surface area contributed by atoms with Crippen molar-refractivity contribution in [3.05, 3.63) is 29.6 Å². The summed E-state index contributed by atoms with van der Waals surface area (Å²) in [5.74, 6) is 0.193. The number of carbonyl (C=O) groups is 1. The Bertz CT molecular complexity index is 486. The van der Waals surface area contributed by atoms with E-state index >= 15 is 0 Å². The molecule has 114 valence electrons. The molecule has 0 spiro atoms. The molecule has 5 heteroatoms. The van der Waals surface area contributed by atoms with E-state index in [1.165, 1.54) is 5.56 Å². The largest absolute Gasteiger partial charge is 0.378 e. The Morgan fingerprint density at radius 2 is 2.29 bits per heavy atom. The van der Waals surface area contributed by atoms with Gasteiger partial charge in [-0.25, -0.2) is 0 Å². The highest BCUT2D eigenvalue weighted by atomic mass is 16.5. The lowest BCUT2D eigenvalue weighted by Crippen LogP contribution is -2.37. The molecule has 0 saturated carbocycles. The number of nitrogens with zero attached hydrogens (tertiary/aromatic N) is 2. The molecule has 3 rings (SSSR count). The van der Waals surface area contributed by atoms with E-state index in [9.17, 15) is 4.79 Å². The van der Waals surface area contributed by atoms with Gasteiger partial charge >= 0.3 is 0 Å². The van der Waals surface area contributed by atoms with Crippen molar-refractivity contribution in [3.63, 3.8) is 0 Å². The molecule has 1 fully saturated rings. The molecule has 5 nitrogen and oxygen atoms in total. The minimum atomic E-state index is 0.193. The molecule has 1 amide bonds. The first-order valence-corrected chi connectivity index (χ1v) is 7.86. The van der Waals surface area contributed by atoms with Crippen molar-refractivity contribution < 1.29 is 9.53 Å². The number of piperidine rings is 1. The minimum absolute atomic E-state index is 0.193. The van der Waals surface area contributed by atoms with Crippen LogP contribution in [0.25, 0.3) is 0 Å². The van der Waals surface area contributed by atoms with E-state index in [2.05, 4.69) is 16.4 Å². The van der Waals surface area contributed by atoms with Crippen molar-refractivity contribution in [2.75, 3.05) is 26.2 Å². The molecule has 21 heavy (non-hydrogen) atoms. The second-order valence-corrected chi connectivity index (χ2v) is 5.74. The normalized spacial score (nSPS) is 19.3. The van der Waals surface area contributed by atoms with Crippen molar-refractivity contribution in [1.82, 2.24) is 15.2 Å². The molecule has 0 aromatic carbocycles. The summed E-state index contributed by atoms with van der Waals surface area (Å²) in [5, 5.41) is 3.31. The summed E-state index contributed by atoms with van der Waals surface area (Å²) in [6, 6.07) is 4.00. The quantitative estimate of drug-likeness (QED) is 0.902. The molecule has 2 aliphatic rings. The molecule has 2 aliphatic heterocycles. The van der Waals surface area contributed by atoms with Gasteiger partial charge in [-0.2, -0.15) is 0 Å². The van der Waals surface area contributed by atoms with E-state index in [0.717, 1.165) is 44.6 Å². The SMILES string of the molecule is O=C(CCOC1CCNCC1)N1CCc2ncccc2C1. The Morgan fingerprint density at radius 1 is 1.43 bits per heavy atom. The maximum atomic E-state index is 12.3. The first kappa shape index (κ1) is 14.5. The summed E-state index contributed by atoms with van der Waals surface area (Å²) in [7, 11) is 0. The first-order valence-electron chi connectivity index (χ1n) is 7.86. The first-order chi connectivity index (χ1) is 10.3. The number of nitrogens with one attached hydrogen (secondary N) is 1. The van der Waals surface area contributed by atoms with E-state index in [-0.39, 0.29) is 5.91 Å². The van der Waals surface area contributed by atoms with Crippen molar-refractivity contribution in [2.45, 2.75) is 38.3 Å². The van der Waals surface area contributed by atoms with Gasteiger partial charge < -0.3 is 15.0 Å². The molecular weight excluding hydrogens is 266 g/mol. The van der Waals surface area contributed by atoms with Gasteiger partial charge in [-0.15, -0.1) is 0 Å². The predicted octanol–water partition coefficient (Wildman–Crippen LogP) is 1.12. The zero-order valence-corrected chi connectivity index (χ0v) is 12.4. The summed E-state index contributed by atoms with van der Waals surface area (Å²) in [5.41, 5.74) is 2.31. The predicted molar refractivity (Wildman–Crippen MR) is 79.8 cm³/mol. The standard InChI is InChI=1S/C16H23N3O2/c20-16(6-11-21-14-3-8-17-9-4-14)19-10-5-15-13(12-19)2-1-7-18-15/h1-2,7,14,17H,3-6,8-12H2. The van der Waals surface area contributed by atoms with Crippen molar-refractivity contribution in [2.24, 2.45) is 0 Å². The summed E-state index contributed by atoms with van der Waals surface area (Å²) in [4.78, 5) is 18.6. The lowest BCUT2D eigenvalue weighted by atomic mass is 10.1. The topological polar surface area (TPSA) is 54.5 Å². The van der Waals surface area contributed by atoms with Gasteiger partial charge in [0.25, 0.3) is 0 Å². The molecule has 1 saturated heterocycles. The number of hydrogen-bond acceptors (Lipinski definition) is 4. The van der Waals surface area contributed by atoms with Crippen LogP contribution in [0.3, 0.4) is 0 Å². The highest BCUT2D eigenvalue weighted by Gasteiger charge is 2.21. The fraction of sp³-hybridized carbons (Fsp3) is 0.625. The van der Waals surface area contributed by atoms with E-state index in [4.69, 9.17) is 4.74 Å². The molecule has 1 aromatic heterocycles. The highest BCUT2D eigenvalue weighted by Crippen LogP contribution is 2.17. The summed E-state index contributed by atoms with van der Waals surface area (Å²) in [6.07, 6.45) is 5.60. The lowest BCUT2D eigenvalue weighted by molar-refractivity contribution is -0.133. The van der Waals surface area contributed by atoms with Gasteiger partial charge in [0.2, 0.25) is 5.91 Å². The molecule has 0 radical (unpaired) electrons. The fourth-order valence-corrected chi connectivity index (χ4v) is 3.01. The van der Waals surface area contributed by atoms with Crippen LogP contribution in [0, 0.1) is 0 Å². The van der Waals surface area contributed by atoms with Crippen LogP contribution in [0.1, 0.15) is 30.5 Å². The van der Waals surface area contributed by atoms with Gasteiger partial charge in [-0.1, -0.05) is 6.07 Å². The number of ether oxygens (including phenoxy) is 1. The molecule has 1 N–H and O–H groups in total. The van der Waals surface area contributed by atoms with Crippen LogP contribution < -0.4 is 5.32 Å². The average Bonchev–Trinajstić information content (AvgIpc) is 2.55. The maximum Gasteiger partial charge on any atom is 0.225 e. The number of pyridine rings is 1. The molecule has 3 heterocycles. The van der Waals surface area contributed by atoms with Crippen LogP contribution in [0.15, 0.2) is 18.3 Å². The van der Waals surface area contributed by atoms with Crippen LogP contribution in [0.5, 0.6) is 0 Å². The Morgan fingerprint density at radius 3 is 3.14 bits per heavy atom. The third-order valence-electron chi connectivity index (χ3n) is 4.27. The molecule has 1 aromatic rings. The third-order valence-corrected chi connectivity index (χ3v) is 4.27. The number of aromatic nitrogens is 1. The Kier molecular flexibility index (Phi) is 4.83. The highest BCUT2D eigenvalue weighted by molar-refractivity contribution is 5.76. The van der Waals surface area contributed by atoms with Crippen LogP contribution in [-0.2, 0) is 22.5 Å². The molecule has 0 bridgehead atoms. The number of rotatable bonds is 4. The Balaban J connectivity index is 1.44. The van der Waals surface area contributed by atoms with Crippen LogP contribution in [-0.4, -0.2) is 48.1 Å². The Labute approximate surface area is 125 Å². The van der Waals surface area contributed by atoms with Crippen molar-refractivity contribution in [1.29, 1.82) is 0 Å². The second kappa shape index (κ2) is 7.00. The molecule has 0 atom stereocenters. The molecular formula is C16H23N3O2. The van der Waals surface area contributed by atoms with Crippen molar-refractivity contribution >= 4 is 5.91 Å². The van der Waals surface area contributed by atoms with Crippen LogP contribution >= 0.6 is 0 Å². The van der Waals surface area contributed by atoms with E-state index in [1.54, 1.807) is 0 Å². The van der Waals surface area contributed by atoms with E-state index in [1.807, 2.05) is 17.2 Å². The van der Waals surface area contributed by atoms with Gasteiger partial charge in [-0.05, 0) is 37.6 Å². The Hall–Kier alpha value is -1.46. The van der Waals surface area contributed by atoms with Gasteiger partial charge in [-0.3, -0.25) is 9.78 Å². The summed E-state index contributed by atoms with van der Waals surface area (Å²) < 4.78 is 5.81. The zero-order valence-electron chi connectivity index (χ0n) is 12.4. The smallest absolute Gasteiger partial charge is 0.225 e.